The van der Waals surface area contributed by atoms with E-state index < -0.39 is 17.5 Å². The fraction of sp³-hybridized carbons (Fsp3) is 0.257. The van der Waals surface area contributed by atoms with Crippen molar-refractivity contribution in [2.75, 3.05) is 13.7 Å². The first kappa shape index (κ1) is 28.0. The molecule has 0 bridgehead atoms. The molecule has 6 nitrogen and oxygen atoms in total. The van der Waals surface area contributed by atoms with Crippen LogP contribution >= 0.6 is 0 Å². The van der Waals surface area contributed by atoms with Crippen LogP contribution in [0.15, 0.2) is 78.9 Å². The first-order valence-corrected chi connectivity index (χ1v) is 14.0. The smallest absolute Gasteiger partial charge is 0.342 e. The lowest BCUT2D eigenvalue weighted by Gasteiger charge is -2.37. The minimum Gasteiger partial charge on any atom is -0.497 e. The molecule has 0 N–H and O–H groups in total. The quantitative estimate of drug-likeness (QED) is 0.158. The van der Waals surface area contributed by atoms with Crippen LogP contribution < -0.4 is 14.2 Å². The van der Waals surface area contributed by atoms with Gasteiger partial charge < -0.3 is 18.9 Å². The Morgan fingerprint density at radius 2 is 1.54 bits per heavy atom. The van der Waals surface area contributed by atoms with E-state index in [0.717, 1.165) is 36.1 Å². The number of esters is 2. The summed E-state index contributed by atoms with van der Waals surface area (Å²) < 4.78 is 23.5. The van der Waals surface area contributed by atoms with Gasteiger partial charge in [-0.15, -0.1) is 0 Å². The number of carbonyl (C=O) groups excluding carboxylic acids is 2. The number of unbranched alkanes of at least 4 members (excludes halogenated alkanes) is 1. The molecule has 41 heavy (non-hydrogen) atoms. The first-order chi connectivity index (χ1) is 19.9. The Balaban J connectivity index is 1.76. The zero-order valence-corrected chi connectivity index (χ0v) is 23.9. The summed E-state index contributed by atoms with van der Waals surface area (Å²) in [5.74, 6) is 0.289. The Morgan fingerprint density at radius 1 is 0.878 bits per heavy atom. The van der Waals surface area contributed by atoms with Gasteiger partial charge in [-0.2, -0.15) is 0 Å². The molecule has 0 saturated heterocycles. The van der Waals surface area contributed by atoms with Gasteiger partial charge in [-0.05, 0) is 49.6 Å². The molecule has 5 rings (SSSR count). The summed E-state index contributed by atoms with van der Waals surface area (Å²) in [6, 6.07) is 23.7. The molecule has 0 aliphatic carbocycles. The maximum absolute atomic E-state index is 13.3. The maximum atomic E-state index is 13.3. The van der Waals surface area contributed by atoms with Crippen LogP contribution in [-0.4, -0.2) is 25.7 Å². The highest BCUT2D eigenvalue weighted by Crippen LogP contribution is 2.49. The zero-order chi connectivity index (χ0) is 29.0. The Hall–Kier alpha value is -4.58. The van der Waals surface area contributed by atoms with Crippen LogP contribution in [0.1, 0.15) is 66.2 Å². The topological polar surface area (TPSA) is 71.1 Å². The van der Waals surface area contributed by atoms with Gasteiger partial charge in [0.25, 0.3) is 0 Å². The van der Waals surface area contributed by atoms with Crippen molar-refractivity contribution in [2.45, 2.75) is 45.6 Å². The predicted molar refractivity (Wildman–Crippen MR) is 160 cm³/mol. The third-order valence-electron chi connectivity index (χ3n) is 7.35. The van der Waals surface area contributed by atoms with E-state index in [1.165, 1.54) is 12.5 Å². The van der Waals surface area contributed by atoms with Crippen LogP contribution in [0.25, 0.3) is 16.8 Å². The number of hydrogen-bond acceptors (Lipinski definition) is 6. The molecule has 0 aromatic heterocycles. The molecule has 1 unspecified atom stereocenters. The van der Waals surface area contributed by atoms with Crippen molar-refractivity contribution < 1.29 is 28.5 Å². The number of hydrogen-bond donors (Lipinski definition) is 0. The summed E-state index contributed by atoms with van der Waals surface area (Å²) in [7, 11) is 1.64. The van der Waals surface area contributed by atoms with E-state index in [4.69, 9.17) is 18.9 Å². The van der Waals surface area contributed by atoms with E-state index in [2.05, 4.69) is 31.2 Å². The van der Waals surface area contributed by atoms with Crippen LogP contribution in [0.2, 0.25) is 0 Å². The second kappa shape index (κ2) is 11.9. The van der Waals surface area contributed by atoms with E-state index in [0.29, 0.717) is 22.1 Å². The average Bonchev–Trinajstić information content (AvgIpc) is 3.00. The third-order valence-corrected chi connectivity index (χ3v) is 7.35. The van der Waals surface area contributed by atoms with Crippen LogP contribution in [0.5, 0.6) is 17.2 Å². The van der Waals surface area contributed by atoms with Crippen LogP contribution in [0.4, 0.5) is 0 Å². The van der Waals surface area contributed by atoms with Gasteiger partial charge in [-0.3, -0.25) is 4.79 Å². The van der Waals surface area contributed by atoms with Gasteiger partial charge in [0.1, 0.15) is 17.1 Å². The van der Waals surface area contributed by atoms with Gasteiger partial charge in [0.05, 0.1) is 13.7 Å². The summed E-state index contributed by atoms with van der Waals surface area (Å²) in [5, 5.41) is 1.30. The normalized spacial score (nSPS) is 15.6. The number of benzene rings is 4. The molecule has 0 saturated carbocycles. The molecule has 6 heteroatoms. The highest BCUT2D eigenvalue weighted by molar-refractivity contribution is 6.09. The van der Waals surface area contributed by atoms with Crippen molar-refractivity contribution in [3.8, 4) is 17.2 Å². The standard InChI is InChI=1S/C35H34O6/c1-5-7-10-24-13-15-25(16-14-24)35(26-17-19-27(38-4)20-18-26)22-21-30-31(34(37)39-6-2)33(40-23(3)36)29-12-9-8-11-28(29)32(30)41-35/h8-9,11-22H,5-7,10H2,1-4H3. The molecule has 1 aliphatic heterocycles. The second-order valence-corrected chi connectivity index (χ2v) is 10.0. The fourth-order valence-corrected chi connectivity index (χ4v) is 5.33. The minimum atomic E-state index is -1.000. The molecular formula is C35H34O6. The molecule has 4 aromatic rings. The van der Waals surface area contributed by atoms with Crippen LogP contribution in [0.3, 0.4) is 0 Å². The predicted octanol–water partition coefficient (Wildman–Crippen LogP) is 7.64. The van der Waals surface area contributed by atoms with Crippen molar-refractivity contribution in [1.82, 2.24) is 0 Å². The molecule has 0 spiro atoms. The van der Waals surface area contributed by atoms with E-state index in [1.54, 1.807) is 14.0 Å². The van der Waals surface area contributed by atoms with Gasteiger partial charge >= 0.3 is 11.9 Å². The first-order valence-electron chi connectivity index (χ1n) is 14.0. The van der Waals surface area contributed by atoms with Crippen molar-refractivity contribution >= 4 is 28.8 Å². The number of ether oxygens (including phenoxy) is 4. The molecule has 0 amide bonds. The highest BCUT2D eigenvalue weighted by atomic mass is 16.5. The van der Waals surface area contributed by atoms with Gasteiger partial charge in [-0.1, -0.05) is 74.0 Å². The largest absolute Gasteiger partial charge is 0.497 e. The third kappa shape index (κ3) is 5.30. The maximum Gasteiger partial charge on any atom is 0.342 e. The number of aryl methyl sites for hydroxylation is 1. The lowest BCUT2D eigenvalue weighted by Crippen LogP contribution is -2.35. The Bertz CT molecular complexity index is 1600. The van der Waals surface area contributed by atoms with E-state index in [-0.39, 0.29) is 17.9 Å². The average molecular weight is 551 g/mol. The van der Waals surface area contributed by atoms with E-state index in [1.807, 2.05) is 60.7 Å². The number of methoxy groups -OCH3 is 1. The Kier molecular flexibility index (Phi) is 8.11. The molecule has 1 aliphatic rings. The highest BCUT2D eigenvalue weighted by Gasteiger charge is 2.40. The van der Waals surface area contributed by atoms with Gasteiger partial charge in [0.15, 0.2) is 11.4 Å². The van der Waals surface area contributed by atoms with Crippen LogP contribution in [0, 0.1) is 0 Å². The second-order valence-electron chi connectivity index (χ2n) is 10.0. The Morgan fingerprint density at radius 3 is 2.15 bits per heavy atom. The lowest BCUT2D eigenvalue weighted by molar-refractivity contribution is -0.131. The SMILES string of the molecule is CCCCc1ccc(C2(c3ccc(OC)cc3)C=Cc3c(C(=O)OCC)c(OC(C)=O)c4ccccc4c3O2)cc1. The molecule has 0 radical (unpaired) electrons. The molecule has 1 atom stereocenters. The summed E-state index contributed by atoms with van der Waals surface area (Å²) >= 11 is 0. The van der Waals surface area contributed by atoms with E-state index >= 15 is 0 Å². The number of carbonyl (C=O) groups is 2. The summed E-state index contributed by atoms with van der Waals surface area (Å²) in [6.45, 7) is 5.41. The summed E-state index contributed by atoms with van der Waals surface area (Å²) in [6.07, 6.45) is 7.09. The number of fused-ring (bicyclic) bond motifs is 3. The summed E-state index contributed by atoms with van der Waals surface area (Å²) in [4.78, 5) is 25.5. The fourth-order valence-electron chi connectivity index (χ4n) is 5.33. The molecule has 0 fully saturated rings. The van der Waals surface area contributed by atoms with Crippen molar-refractivity contribution in [3.63, 3.8) is 0 Å². The van der Waals surface area contributed by atoms with Crippen molar-refractivity contribution in [3.05, 3.63) is 107 Å². The molecule has 210 valence electrons. The zero-order valence-electron chi connectivity index (χ0n) is 23.9. The van der Waals surface area contributed by atoms with Crippen molar-refractivity contribution in [1.29, 1.82) is 0 Å². The lowest BCUT2D eigenvalue weighted by atomic mass is 9.82. The van der Waals surface area contributed by atoms with Crippen LogP contribution in [-0.2, 0) is 21.6 Å². The monoisotopic (exact) mass is 550 g/mol. The Labute approximate surface area is 240 Å². The molecular weight excluding hydrogens is 516 g/mol. The number of rotatable bonds is 9. The minimum absolute atomic E-state index is 0.158. The van der Waals surface area contributed by atoms with E-state index in [9.17, 15) is 9.59 Å². The van der Waals surface area contributed by atoms with Gasteiger partial charge in [0.2, 0.25) is 0 Å². The van der Waals surface area contributed by atoms with Crippen molar-refractivity contribution in [2.24, 2.45) is 0 Å². The van der Waals surface area contributed by atoms with Gasteiger partial charge in [0, 0.05) is 34.4 Å². The summed E-state index contributed by atoms with van der Waals surface area (Å²) in [5.41, 5.74) is 2.76. The van der Waals surface area contributed by atoms with Gasteiger partial charge in [-0.25, -0.2) is 4.79 Å². The molecule has 1 heterocycles. The molecule has 4 aromatic carbocycles.